The summed E-state index contributed by atoms with van der Waals surface area (Å²) < 4.78 is 6.24. The van der Waals surface area contributed by atoms with E-state index in [1.165, 1.54) is 36.0 Å². The van der Waals surface area contributed by atoms with Crippen molar-refractivity contribution in [3.63, 3.8) is 0 Å². The number of unbranched alkanes of at least 4 members (excludes halogenated alkanes) is 1. The summed E-state index contributed by atoms with van der Waals surface area (Å²) in [6.45, 7) is 2.49. The zero-order valence-electron chi connectivity index (χ0n) is 21.1. The lowest BCUT2D eigenvalue weighted by Gasteiger charge is -2.42. The monoisotopic (exact) mass is 483 g/mol. The number of amides is 1. The third-order valence-corrected chi connectivity index (χ3v) is 7.60. The molecule has 0 aliphatic carbocycles. The molecule has 2 aliphatic heterocycles. The van der Waals surface area contributed by atoms with Crippen LogP contribution in [0, 0.1) is 0 Å². The maximum absolute atomic E-state index is 12.3. The van der Waals surface area contributed by atoms with Crippen molar-refractivity contribution >= 4 is 5.91 Å². The molecule has 1 N–H and O–H groups in total. The van der Waals surface area contributed by atoms with Crippen LogP contribution in [-0.4, -0.2) is 34.9 Å². The van der Waals surface area contributed by atoms with Crippen molar-refractivity contribution in [2.75, 3.05) is 13.1 Å². The summed E-state index contributed by atoms with van der Waals surface area (Å²) in [5, 5.41) is 3.11. The van der Waals surface area contributed by atoms with Crippen LogP contribution in [0.5, 0.6) is 5.75 Å². The number of nitrogens with one attached hydrogen (secondary N) is 1. The molecule has 3 heterocycles. The average molecular weight is 484 g/mol. The lowest BCUT2D eigenvalue weighted by Crippen LogP contribution is -2.42. The normalized spacial score (nSPS) is 19.4. The Morgan fingerprint density at radius 1 is 1.00 bits per heavy atom. The summed E-state index contributed by atoms with van der Waals surface area (Å²) in [5.74, 6) is 1.14. The van der Waals surface area contributed by atoms with E-state index in [-0.39, 0.29) is 11.9 Å². The average Bonchev–Trinajstić information content (AvgIpc) is 3.09. The Balaban J connectivity index is 1.18. The Kier molecular flexibility index (Phi) is 8.29. The highest BCUT2D eigenvalue weighted by Gasteiger charge is 2.34. The van der Waals surface area contributed by atoms with Crippen molar-refractivity contribution in [2.24, 2.45) is 0 Å². The molecule has 2 atom stereocenters. The number of nitrogens with zero attached hydrogens (tertiary/aromatic N) is 2. The fourth-order valence-corrected chi connectivity index (χ4v) is 5.75. The van der Waals surface area contributed by atoms with Gasteiger partial charge in [-0.25, -0.2) is 0 Å². The van der Waals surface area contributed by atoms with Gasteiger partial charge in [0.1, 0.15) is 12.4 Å². The molecular formula is C31H37N3O2. The van der Waals surface area contributed by atoms with Crippen molar-refractivity contribution < 1.29 is 9.53 Å². The Morgan fingerprint density at radius 2 is 1.86 bits per heavy atom. The van der Waals surface area contributed by atoms with E-state index in [1.807, 2.05) is 18.3 Å². The van der Waals surface area contributed by atoms with Crippen LogP contribution in [0.15, 0.2) is 73.1 Å². The second-order valence-corrected chi connectivity index (χ2v) is 10.0. The molecule has 0 radical (unpaired) electrons. The van der Waals surface area contributed by atoms with Crippen LogP contribution in [0.4, 0.5) is 0 Å². The topological polar surface area (TPSA) is 54.5 Å². The Morgan fingerprint density at radius 3 is 2.75 bits per heavy atom. The van der Waals surface area contributed by atoms with E-state index in [2.05, 4.69) is 63.7 Å². The van der Waals surface area contributed by atoms with Crippen molar-refractivity contribution in [1.82, 2.24) is 15.2 Å². The Labute approximate surface area is 214 Å². The van der Waals surface area contributed by atoms with E-state index in [9.17, 15) is 4.79 Å². The molecule has 1 amide bonds. The van der Waals surface area contributed by atoms with Gasteiger partial charge in [-0.3, -0.25) is 14.7 Å². The molecule has 5 nitrogen and oxygen atoms in total. The summed E-state index contributed by atoms with van der Waals surface area (Å²) in [5.41, 5.74) is 5.07. The van der Waals surface area contributed by atoms with Crippen LogP contribution < -0.4 is 10.1 Å². The van der Waals surface area contributed by atoms with Crippen LogP contribution >= 0.6 is 0 Å². The predicted octanol–water partition coefficient (Wildman–Crippen LogP) is 5.84. The van der Waals surface area contributed by atoms with Gasteiger partial charge in [0.2, 0.25) is 5.91 Å². The Hall–Kier alpha value is -3.18. The van der Waals surface area contributed by atoms with Gasteiger partial charge in [-0.1, -0.05) is 61.4 Å². The predicted molar refractivity (Wildman–Crippen MR) is 143 cm³/mol. The first-order valence-corrected chi connectivity index (χ1v) is 13.5. The number of carbonyl (C=O) groups excluding carboxylic acids is 1. The number of aryl methyl sites for hydroxylation is 1. The number of para-hydroxylation sites is 1. The van der Waals surface area contributed by atoms with E-state index in [0.717, 1.165) is 50.1 Å². The van der Waals surface area contributed by atoms with Crippen LogP contribution in [0.3, 0.4) is 0 Å². The molecular weight excluding hydrogens is 446 g/mol. The lowest BCUT2D eigenvalue weighted by molar-refractivity contribution is -0.121. The smallest absolute Gasteiger partial charge is 0.220 e. The number of piperidine rings is 1. The molecule has 36 heavy (non-hydrogen) atoms. The van der Waals surface area contributed by atoms with Gasteiger partial charge in [0.05, 0.1) is 6.04 Å². The molecule has 188 valence electrons. The molecule has 2 aromatic carbocycles. The molecule has 5 heteroatoms. The van der Waals surface area contributed by atoms with Crippen LogP contribution in [-0.2, 0) is 17.8 Å². The maximum atomic E-state index is 12.3. The summed E-state index contributed by atoms with van der Waals surface area (Å²) in [6.07, 6.45) is 11.9. The first-order chi connectivity index (χ1) is 17.8. The van der Waals surface area contributed by atoms with Gasteiger partial charge in [-0.2, -0.15) is 0 Å². The first-order valence-electron chi connectivity index (χ1n) is 13.5. The third-order valence-electron chi connectivity index (χ3n) is 7.60. The van der Waals surface area contributed by atoms with Crippen molar-refractivity contribution in [3.05, 3.63) is 95.3 Å². The van der Waals surface area contributed by atoms with Gasteiger partial charge in [0.15, 0.2) is 0 Å². The highest BCUT2D eigenvalue weighted by atomic mass is 16.5. The highest BCUT2D eigenvalue weighted by Crippen LogP contribution is 2.42. The van der Waals surface area contributed by atoms with Crippen LogP contribution in [0.25, 0.3) is 0 Å². The third kappa shape index (κ3) is 5.96. The molecule has 2 aliphatic rings. The number of carbonyl (C=O) groups is 1. The Bertz CT molecular complexity index is 1090. The van der Waals surface area contributed by atoms with Gasteiger partial charge < -0.3 is 10.1 Å². The van der Waals surface area contributed by atoms with Gasteiger partial charge in [-0.05, 0) is 67.5 Å². The van der Waals surface area contributed by atoms with E-state index in [1.54, 1.807) is 6.20 Å². The summed E-state index contributed by atoms with van der Waals surface area (Å²) in [7, 11) is 0. The van der Waals surface area contributed by atoms with E-state index < -0.39 is 0 Å². The first kappa shape index (κ1) is 24.5. The number of benzene rings is 2. The van der Waals surface area contributed by atoms with Crippen molar-refractivity contribution in [1.29, 1.82) is 0 Å². The van der Waals surface area contributed by atoms with Gasteiger partial charge in [0.25, 0.3) is 0 Å². The van der Waals surface area contributed by atoms with E-state index in [4.69, 9.17) is 4.74 Å². The van der Waals surface area contributed by atoms with E-state index in [0.29, 0.717) is 19.1 Å². The van der Waals surface area contributed by atoms with Crippen LogP contribution in [0.1, 0.15) is 73.2 Å². The lowest BCUT2D eigenvalue weighted by atomic mass is 9.88. The number of rotatable bonds is 9. The second kappa shape index (κ2) is 12.2. The van der Waals surface area contributed by atoms with Gasteiger partial charge in [0, 0.05) is 37.0 Å². The number of hydrogen-bond acceptors (Lipinski definition) is 4. The molecule has 2 unspecified atom stereocenters. The zero-order chi connectivity index (χ0) is 24.6. The minimum absolute atomic E-state index is 0.129. The summed E-state index contributed by atoms with van der Waals surface area (Å²) >= 11 is 0. The zero-order valence-corrected chi connectivity index (χ0v) is 21.1. The molecule has 5 rings (SSSR count). The number of likely N-dealkylation sites (tertiary alicyclic amines) is 1. The molecule has 0 spiro atoms. The summed E-state index contributed by atoms with van der Waals surface area (Å²) in [6, 6.07) is 22.1. The quantitative estimate of drug-likeness (QED) is 0.389. The summed E-state index contributed by atoms with van der Waals surface area (Å²) in [4.78, 5) is 19.1. The maximum Gasteiger partial charge on any atom is 0.220 e. The van der Waals surface area contributed by atoms with Gasteiger partial charge >= 0.3 is 0 Å². The van der Waals surface area contributed by atoms with Gasteiger partial charge in [-0.15, -0.1) is 0 Å². The molecule has 0 bridgehead atoms. The fourth-order valence-electron chi connectivity index (χ4n) is 5.75. The number of fused-ring (bicyclic) bond motifs is 2. The largest absolute Gasteiger partial charge is 0.489 e. The molecule has 3 aromatic rings. The second-order valence-electron chi connectivity index (χ2n) is 10.0. The molecule has 1 fully saturated rings. The minimum Gasteiger partial charge on any atom is -0.489 e. The van der Waals surface area contributed by atoms with E-state index >= 15 is 0 Å². The fraction of sp³-hybridized carbons (Fsp3) is 0.419. The molecule has 0 saturated carbocycles. The number of ether oxygens (including phenoxy) is 1. The van der Waals surface area contributed by atoms with Crippen molar-refractivity contribution in [3.8, 4) is 5.75 Å². The standard InChI is InChI=1S/C31H37N3O2/c35-30(18-17-24-10-9-19-32-22-24)33-20-7-5-12-26-13-6-8-21-34(26)31-27-14-2-1-11-25(27)23-36-29-16-4-3-15-28(29)31/h1-4,9-11,14-16,19,22,26,31H,5-8,12-13,17-18,20-21,23H2,(H,33,35). The number of pyridine rings is 1. The number of hydrogen-bond donors (Lipinski definition) is 1. The molecule has 1 saturated heterocycles. The molecule has 1 aromatic heterocycles. The highest BCUT2D eigenvalue weighted by molar-refractivity contribution is 5.76. The number of aromatic nitrogens is 1. The SMILES string of the molecule is O=C(CCc1cccnc1)NCCCCC1CCCCN1C1c2ccccc2COc2ccccc21. The minimum atomic E-state index is 0.129. The van der Waals surface area contributed by atoms with Crippen molar-refractivity contribution in [2.45, 2.75) is 70.1 Å². The van der Waals surface area contributed by atoms with Crippen LogP contribution in [0.2, 0.25) is 0 Å².